The normalized spacial score (nSPS) is 29.2. The van der Waals surface area contributed by atoms with Gasteiger partial charge in [-0.1, -0.05) is 5.92 Å². The third-order valence-electron chi connectivity index (χ3n) is 4.61. The molecule has 3 rings (SSSR count). The second-order valence-corrected chi connectivity index (χ2v) is 6.28. The average molecular weight is 325 g/mol. The lowest BCUT2D eigenvalue weighted by molar-refractivity contribution is -0.0303. The van der Waals surface area contributed by atoms with Gasteiger partial charge in [-0.25, -0.2) is 4.79 Å². The van der Waals surface area contributed by atoms with E-state index in [9.17, 15) is 23.8 Å². The van der Waals surface area contributed by atoms with Crippen LogP contribution in [0, 0.1) is 12.3 Å². The molecule has 6 nitrogen and oxygen atoms in total. The highest BCUT2D eigenvalue weighted by Crippen LogP contribution is 2.42. The number of carboxylic acid groups (broad SMARTS) is 1. The first-order chi connectivity index (χ1) is 10.7. The van der Waals surface area contributed by atoms with Gasteiger partial charge >= 0.3 is 6.09 Å². The molecule has 0 bridgehead atoms. The predicted octanol–water partition coefficient (Wildman–Crippen LogP) is 1.56. The predicted molar refractivity (Wildman–Crippen MR) is 75.9 cm³/mol. The molecule has 1 amide bonds. The maximum Gasteiger partial charge on any atom is 0.407 e. The van der Waals surface area contributed by atoms with Crippen LogP contribution in [-0.2, 0) is 25.4 Å². The number of fused-ring (bicyclic) bond motifs is 3. The lowest BCUT2D eigenvalue weighted by Gasteiger charge is -2.31. The maximum absolute atomic E-state index is 14.6. The van der Waals surface area contributed by atoms with E-state index in [-0.39, 0.29) is 43.2 Å². The number of aliphatic hydroxyl groups is 1. The lowest BCUT2D eigenvalue weighted by Crippen LogP contribution is -2.42. The molecule has 0 aromatic carbocycles. The zero-order valence-corrected chi connectivity index (χ0v) is 12.6. The number of hydrogen-bond acceptors (Lipinski definition) is 3. The van der Waals surface area contributed by atoms with Crippen LogP contribution in [0.4, 0.5) is 13.6 Å². The van der Waals surface area contributed by atoms with Crippen molar-refractivity contribution in [3.8, 4) is 12.3 Å². The van der Waals surface area contributed by atoms with Crippen LogP contribution in [0.25, 0.3) is 0 Å². The maximum atomic E-state index is 14.6. The minimum absolute atomic E-state index is 0.134. The van der Waals surface area contributed by atoms with Crippen LogP contribution < -0.4 is 0 Å². The van der Waals surface area contributed by atoms with Crippen molar-refractivity contribution in [2.75, 3.05) is 0 Å². The number of terminal acetylenes is 1. The van der Waals surface area contributed by atoms with Gasteiger partial charge in [0.05, 0.1) is 18.8 Å². The summed E-state index contributed by atoms with van der Waals surface area (Å²) < 4.78 is 30.2. The van der Waals surface area contributed by atoms with Crippen LogP contribution >= 0.6 is 0 Å². The summed E-state index contributed by atoms with van der Waals surface area (Å²) in [5.41, 5.74) is -1.32. The highest BCUT2D eigenvalue weighted by Gasteiger charge is 2.47. The van der Waals surface area contributed by atoms with E-state index in [0.717, 1.165) is 9.58 Å². The van der Waals surface area contributed by atoms with Crippen molar-refractivity contribution in [3.05, 3.63) is 17.0 Å². The van der Waals surface area contributed by atoms with Crippen LogP contribution in [0.2, 0.25) is 0 Å². The molecule has 0 saturated heterocycles. The van der Waals surface area contributed by atoms with E-state index >= 15 is 0 Å². The van der Waals surface area contributed by atoms with Gasteiger partial charge in [0, 0.05) is 24.4 Å². The molecule has 3 heterocycles. The van der Waals surface area contributed by atoms with Crippen LogP contribution in [0.3, 0.4) is 0 Å². The number of nitrogens with zero attached hydrogens (tertiary/aromatic N) is 3. The monoisotopic (exact) mass is 325 g/mol. The van der Waals surface area contributed by atoms with E-state index in [1.807, 2.05) is 0 Å². The van der Waals surface area contributed by atoms with Crippen molar-refractivity contribution < 1.29 is 23.8 Å². The molecule has 2 aliphatic rings. The van der Waals surface area contributed by atoms with E-state index in [0.29, 0.717) is 5.69 Å². The molecule has 0 aliphatic carbocycles. The summed E-state index contributed by atoms with van der Waals surface area (Å²) in [6, 6.07) is -0.348. The number of aromatic nitrogens is 2. The summed E-state index contributed by atoms with van der Waals surface area (Å²) in [4.78, 5) is 12.4. The highest BCUT2D eigenvalue weighted by atomic mass is 19.3. The summed E-state index contributed by atoms with van der Waals surface area (Å²) in [6.07, 6.45) is 3.55. The van der Waals surface area contributed by atoms with Gasteiger partial charge in [-0.05, 0) is 13.3 Å². The minimum atomic E-state index is -3.22. The standard InChI is InChI=1S/C15H17F2N3O3/c1-3-14(23)4-5-15(16,17)12-10-7-19(13(21)22)9(2)6-11(10)18-20(12)8-14/h1,9,23H,4-8H2,2H3,(H,21,22). The molecule has 1 aromatic heterocycles. The molecule has 1 aromatic rings. The van der Waals surface area contributed by atoms with Gasteiger partial charge in [0.1, 0.15) is 11.3 Å². The third-order valence-corrected chi connectivity index (χ3v) is 4.61. The Balaban J connectivity index is 2.12. The molecule has 2 aliphatic heterocycles. The van der Waals surface area contributed by atoms with Crippen molar-refractivity contribution in [3.63, 3.8) is 0 Å². The molecule has 0 radical (unpaired) electrons. The average Bonchev–Trinajstić information content (AvgIpc) is 2.76. The number of carbonyl (C=O) groups is 1. The Morgan fingerprint density at radius 2 is 2.17 bits per heavy atom. The zero-order chi connectivity index (χ0) is 17.0. The number of halogens is 2. The molecule has 2 N–H and O–H groups in total. The summed E-state index contributed by atoms with van der Waals surface area (Å²) in [5.74, 6) is -1.04. The fourth-order valence-corrected chi connectivity index (χ4v) is 3.30. The third kappa shape index (κ3) is 2.45. The second kappa shape index (κ2) is 4.93. The van der Waals surface area contributed by atoms with Crippen LogP contribution in [0.1, 0.15) is 36.7 Å². The van der Waals surface area contributed by atoms with Crippen molar-refractivity contribution in [2.24, 2.45) is 0 Å². The summed E-state index contributed by atoms with van der Waals surface area (Å²) in [6.45, 7) is 1.35. The number of alkyl halides is 2. The van der Waals surface area contributed by atoms with Crippen LogP contribution in [0.15, 0.2) is 0 Å². The Morgan fingerprint density at radius 1 is 1.48 bits per heavy atom. The fourth-order valence-electron chi connectivity index (χ4n) is 3.30. The molecule has 23 heavy (non-hydrogen) atoms. The van der Waals surface area contributed by atoms with Gasteiger partial charge in [-0.2, -0.15) is 13.9 Å². The molecule has 2 unspecified atom stereocenters. The van der Waals surface area contributed by atoms with E-state index in [2.05, 4.69) is 11.0 Å². The minimum Gasteiger partial charge on any atom is -0.465 e. The van der Waals surface area contributed by atoms with Crippen molar-refractivity contribution in [1.29, 1.82) is 0 Å². The fraction of sp³-hybridized carbons (Fsp3) is 0.600. The van der Waals surface area contributed by atoms with E-state index in [4.69, 9.17) is 6.42 Å². The number of rotatable bonds is 0. The van der Waals surface area contributed by atoms with E-state index in [1.54, 1.807) is 6.92 Å². The Hall–Kier alpha value is -2.14. The SMILES string of the molecule is C#CC1(O)CCC(F)(F)c2c3c(nn2C1)CC(C)N(C(=O)O)C3. The Labute approximate surface area is 131 Å². The lowest BCUT2D eigenvalue weighted by atomic mass is 9.94. The molecule has 2 atom stereocenters. The molecular weight excluding hydrogens is 308 g/mol. The van der Waals surface area contributed by atoms with Gasteiger partial charge < -0.3 is 15.1 Å². The Morgan fingerprint density at radius 3 is 2.78 bits per heavy atom. The van der Waals surface area contributed by atoms with Crippen molar-refractivity contribution >= 4 is 6.09 Å². The van der Waals surface area contributed by atoms with Gasteiger partial charge in [0.2, 0.25) is 0 Å². The molecule has 124 valence electrons. The number of hydrogen-bond donors (Lipinski definition) is 2. The van der Waals surface area contributed by atoms with Gasteiger partial charge in [-0.15, -0.1) is 6.42 Å². The second-order valence-electron chi connectivity index (χ2n) is 6.28. The molecule has 0 spiro atoms. The number of amides is 1. The summed E-state index contributed by atoms with van der Waals surface area (Å²) in [7, 11) is 0. The van der Waals surface area contributed by atoms with Crippen LogP contribution in [-0.4, -0.2) is 42.6 Å². The van der Waals surface area contributed by atoms with Crippen molar-refractivity contribution in [2.45, 2.75) is 56.8 Å². The van der Waals surface area contributed by atoms with Crippen molar-refractivity contribution in [1.82, 2.24) is 14.7 Å². The largest absolute Gasteiger partial charge is 0.465 e. The van der Waals surface area contributed by atoms with Gasteiger partial charge in [-0.3, -0.25) is 4.68 Å². The first kappa shape index (κ1) is 15.7. The topological polar surface area (TPSA) is 78.6 Å². The van der Waals surface area contributed by atoms with Gasteiger partial charge in [0.15, 0.2) is 0 Å². The van der Waals surface area contributed by atoms with Gasteiger partial charge in [0.25, 0.3) is 5.92 Å². The first-order valence-electron chi connectivity index (χ1n) is 7.33. The zero-order valence-electron chi connectivity index (χ0n) is 12.6. The molecule has 0 fully saturated rings. The Kier molecular flexibility index (Phi) is 3.37. The summed E-state index contributed by atoms with van der Waals surface area (Å²) in [5, 5.41) is 23.7. The highest BCUT2D eigenvalue weighted by molar-refractivity contribution is 5.66. The smallest absolute Gasteiger partial charge is 0.407 e. The quantitative estimate of drug-likeness (QED) is 0.710. The summed E-state index contributed by atoms with van der Waals surface area (Å²) >= 11 is 0. The molecular formula is C15H17F2N3O3. The molecule has 8 heteroatoms. The Bertz CT molecular complexity index is 710. The molecule has 0 saturated carbocycles. The first-order valence-corrected chi connectivity index (χ1v) is 7.33. The van der Waals surface area contributed by atoms with E-state index < -0.39 is 24.0 Å². The van der Waals surface area contributed by atoms with E-state index in [1.165, 1.54) is 0 Å². The van der Waals surface area contributed by atoms with Crippen LogP contribution in [0.5, 0.6) is 0 Å².